The maximum absolute atomic E-state index is 5.20. The Morgan fingerprint density at radius 2 is 2.15 bits per heavy atom. The van der Waals surface area contributed by atoms with Gasteiger partial charge in [-0.25, -0.2) is 0 Å². The SMILES string of the molecule is CC(C)=COCCN/N=C\C(C)C. The van der Waals surface area contributed by atoms with Gasteiger partial charge in [0.25, 0.3) is 0 Å². The molecule has 13 heavy (non-hydrogen) atoms. The van der Waals surface area contributed by atoms with Gasteiger partial charge in [-0.1, -0.05) is 13.8 Å². The van der Waals surface area contributed by atoms with Crippen LogP contribution in [-0.4, -0.2) is 19.4 Å². The second-order valence-electron chi connectivity index (χ2n) is 3.50. The van der Waals surface area contributed by atoms with E-state index in [1.807, 2.05) is 20.1 Å². The smallest absolute Gasteiger partial charge is 0.106 e. The van der Waals surface area contributed by atoms with Crippen molar-refractivity contribution in [1.29, 1.82) is 0 Å². The molecular weight excluding hydrogens is 164 g/mol. The van der Waals surface area contributed by atoms with Gasteiger partial charge in [-0.15, -0.1) is 0 Å². The Balaban J connectivity index is 3.22. The van der Waals surface area contributed by atoms with E-state index in [1.165, 1.54) is 5.57 Å². The fourth-order valence-corrected chi connectivity index (χ4v) is 0.596. The van der Waals surface area contributed by atoms with Gasteiger partial charge < -0.3 is 10.2 Å². The molecule has 0 rings (SSSR count). The summed E-state index contributed by atoms with van der Waals surface area (Å²) in [4.78, 5) is 0. The van der Waals surface area contributed by atoms with Crippen molar-refractivity contribution in [2.24, 2.45) is 11.0 Å². The molecule has 0 amide bonds. The van der Waals surface area contributed by atoms with Crippen LogP contribution in [0, 0.1) is 5.92 Å². The molecule has 76 valence electrons. The molecule has 0 aliphatic carbocycles. The van der Waals surface area contributed by atoms with Crippen LogP contribution in [0.5, 0.6) is 0 Å². The zero-order valence-electron chi connectivity index (χ0n) is 9.00. The minimum atomic E-state index is 0.492. The topological polar surface area (TPSA) is 33.6 Å². The van der Waals surface area contributed by atoms with Gasteiger partial charge in [0.15, 0.2) is 0 Å². The first-order valence-electron chi connectivity index (χ1n) is 4.64. The number of rotatable bonds is 6. The Bertz CT molecular complexity index is 170. The molecule has 0 aliphatic heterocycles. The molecular formula is C10H20N2O. The van der Waals surface area contributed by atoms with Crippen LogP contribution < -0.4 is 5.43 Å². The lowest BCUT2D eigenvalue weighted by Gasteiger charge is -2.01. The fraction of sp³-hybridized carbons (Fsp3) is 0.700. The zero-order chi connectivity index (χ0) is 10.1. The number of hydrogen-bond donors (Lipinski definition) is 1. The van der Waals surface area contributed by atoms with E-state index in [-0.39, 0.29) is 0 Å². The summed E-state index contributed by atoms with van der Waals surface area (Å²) in [7, 11) is 0. The molecule has 0 aliphatic rings. The summed E-state index contributed by atoms with van der Waals surface area (Å²) in [6, 6.07) is 0. The summed E-state index contributed by atoms with van der Waals surface area (Å²) in [6.45, 7) is 9.58. The Labute approximate surface area is 80.9 Å². The van der Waals surface area contributed by atoms with E-state index in [2.05, 4.69) is 24.4 Å². The van der Waals surface area contributed by atoms with Crippen molar-refractivity contribution in [3.8, 4) is 0 Å². The monoisotopic (exact) mass is 184 g/mol. The molecule has 0 unspecified atom stereocenters. The third-order valence-electron chi connectivity index (χ3n) is 1.11. The highest BCUT2D eigenvalue weighted by Crippen LogP contribution is 1.88. The molecule has 0 radical (unpaired) electrons. The van der Waals surface area contributed by atoms with E-state index in [0.717, 1.165) is 6.54 Å². The van der Waals surface area contributed by atoms with Crippen LogP contribution in [0.1, 0.15) is 27.7 Å². The molecule has 0 spiro atoms. The van der Waals surface area contributed by atoms with Crippen molar-refractivity contribution in [3.05, 3.63) is 11.8 Å². The number of nitrogens with zero attached hydrogens (tertiary/aromatic N) is 1. The van der Waals surface area contributed by atoms with Crippen LogP contribution >= 0.6 is 0 Å². The van der Waals surface area contributed by atoms with Crippen LogP contribution in [0.4, 0.5) is 0 Å². The second kappa shape index (κ2) is 7.65. The number of nitrogens with one attached hydrogen (secondary N) is 1. The Morgan fingerprint density at radius 3 is 2.69 bits per heavy atom. The first kappa shape index (κ1) is 12.0. The summed E-state index contributed by atoms with van der Waals surface area (Å²) < 4.78 is 5.20. The van der Waals surface area contributed by atoms with Gasteiger partial charge in [0.1, 0.15) is 6.61 Å². The number of hydrogen-bond acceptors (Lipinski definition) is 3. The molecule has 0 aromatic carbocycles. The number of hydrazone groups is 1. The van der Waals surface area contributed by atoms with E-state index in [0.29, 0.717) is 12.5 Å². The predicted molar refractivity (Wildman–Crippen MR) is 56.7 cm³/mol. The largest absolute Gasteiger partial charge is 0.499 e. The van der Waals surface area contributed by atoms with E-state index in [4.69, 9.17) is 4.74 Å². The van der Waals surface area contributed by atoms with Gasteiger partial charge in [0.2, 0.25) is 0 Å². The number of allylic oxidation sites excluding steroid dienone is 1. The summed E-state index contributed by atoms with van der Waals surface area (Å²) in [6.07, 6.45) is 3.63. The summed E-state index contributed by atoms with van der Waals surface area (Å²) in [5.74, 6) is 0.492. The van der Waals surface area contributed by atoms with Crippen LogP contribution in [0.3, 0.4) is 0 Å². The minimum Gasteiger partial charge on any atom is -0.499 e. The molecule has 0 aromatic heterocycles. The van der Waals surface area contributed by atoms with Gasteiger partial charge in [-0.3, -0.25) is 0 Å². The molecule has 0 aromatic rings. The fourth-order valence-electron chi connectivity index (χ4n) is 0.596. The third kappa shape index (κ3) is 11.0. The normalized spacial score (nSPS) is 10.5. The van der Waals surface area contributed by atoms with Crippen LogP contribution in [0.2, 0.25) is 0 Å². The Hall–Kier alpha value is -0.990. The summed E-state index contributed by atoms with van der Waals surface area (Å²) >= 11 is 0. The molecule has 0 saturated carbocycles. The molecule has 0 fully saturated rings. The van der Waals surface area contributed by atoms with Gasteiger partial charge in [0.05, 0.1) is 12.8 Å². The van der Waals surface area contributed by atoms with Crippen molar-refractivity contribution in [2.45, 2.75) is 27.7 Å². The lowest BCUT2D eigenvalue weighted by Crippen LogP contribution is -2.13. The first-order chi connectivity index (χ1) is 6.13. The molecule has 1 N–H and O–H groups in total. The highest BCUT2D eigenvalue weighted by Gasteiger charge is 1.84. The molecule has 0 heterocycles. The van der Waals surface area contributed by atoms with Crippen LogP contribution in [0.15, 0.2) is 16.9 Å². The van der Waals surface area contributed by atoms with E-state index in [1.54, 1.807) is 6.26 Å². The zero-order valence-corrected chi connectivity index (χ0v) is 9.00. The lowest BCUT2D eigenvalue weighted by molar-refractivity contribution is 0.247. The standard InChI is InChI=1S/C10H20N2O/c1-9(2)7-12-11-5-6-13-8-10(3)4/h7-9,11H,5-6H2,1-4H3/b12-7-. The molecule has 0 bridgehead atoms. The van der Waals surface area contributed by atoms with Crippen molar-refractivity contribution in [2.75, 3.05) is 13.2 Å². The highest BCUT2D eigenvalue weighted by molar-refractivity contribution is 5.58. The summed E-state index contributed by atoms with van der Waals surface area (Å²) in [5, 5.41) is 4.01. The minimum absolute atomic E-state index is 0.492. The predicted octanol–water partition coefficient (Wildman–Crippen LogP) is 2.16. The average Bonchev–Trinajstić information content (AvgIpc) is 2.01. The van der Waals surface area contributed by atoms with Gasteiger partial charge in [0, 0.05) is 6.21 Å². The van der Waals surface area contributed by atoms with E-state index >= 15 is 0 Å². The molecule has 0 saturated heterocycles. The van der Waals surface area contributed by atoms with Crippen LogP contribution in [-0.2, 0) is 4.74 Å². The number of ether oxygens (including phenoxy) is 1. The van der Waals surface area contributed by atoms with Gasteiger partial charge in [-0.05, 0) is 25.3 Å². The first-order valence-corrected chi connectivity index (χ1v) is 4.64. The Kier molecular flexibility index (Phi) is 7.07. The van der Waals surface area contributed by atoms with E-state index < -0.39 is 0 Å². The van der Waals surface area contributed by atoms with Crippen molar-refractivity contribution < 1.29 is 4.74 Å². The molecule has 0 atom stereocenters. The average molecular weight is 184 g/mol. The van der Waals surface area contributed by atoms with Crippen LogP contribution in [0.25, 0.3) is 0 Å². The lowest BCUT2D eigenvalue weighted by atomic mass is 10.3. The van der Waals surface area contributed by atoms with Gasteiger partial charge in [-0.2, -0.15) is 5.10 Å². The highest BCUT2D eigenvalue weighted by atomic mass is 16.5. The maximum Gasteiger partial charge on any atom is 0.106 e. The summed E-state index contributed by atoms with van der Waals surface area (Å²) in [5.41, 5.74) is 4.08. The van der Waals surface area contributed by atoms with E-state index in [9.17, 15) is 0 Å². The Morgan fingerprint density at radius 1 is 1.46 bits per heavy atom. The maximum atomic E-state index is 5.20. The van der Waals surface area contributed by atoms with Crippen molar-refractivity contribution in [3.63, 3.8) is 0 Å². The van der Waals surface area contributed by atoms with Crippen molar-refractivity contribution >= 4 is 6.21 Å². The molecule has 3 heteroatoms. The quantitative estimate of drug-likeness (QED) is 0.297. The third-order valence-corrected chi connectivity index (χ3v) is 1.11. The van der Waals surface area contributed by atoms with Gasteiger partial charge >= 0.3 is 0 Å². The van der Waals surface area contributed by atoms with Crippen molar-refractivity contribution in [1.82, 2.24) is 5.43 Å². The molecule has 3 nitrogen and oxygen atoms in total. The second-order valence-corrected chi connectivity index (χ2v) is 3.50.